The van der Waals surface area contributed by atoms with Gasteiger partial charge in [-0.05, 0) is 44.2 Å². The predicted octanol–water partition coefficient (Wildman–Crippen LogP) is 3.40. The number of rotatable bonds is 7. The fourth-order valence-electron chi connectivity index (χ4n) is 2.35. The van der Waals surface area contributed by atoms with Crippen LogP contribution in [0.4, 0.5) is 17.1 Å². The number of carbonyl (C=O) groups excluding carboxylic acids is 3. The van der Waals surface area contributed by atoms with Crippen LogP contribution in [-0.2, 0) is 14.4 Å². The summed E-state index contributed by atoms with van der Waals surface area (Å²) in [5.41, 5.74) is 1.56. The van der Waals surface area contributed by atoms with Crippen molar-refractivity contribution in [2.75, 3.05) is 16.0 Å². The standard InChI is InChI=1S/C20H23N3O4/c1-13(2)27-18-10-5-4-9-17(18)23-20(26)12-19(25)22-16-8-6-7-15(11-16)21-14(3)24/h4-11,13H,12H2,1-3H3,(H,21,24)(H,22,25)(H,23,26). The van der Waals surface area contributed by atoms with Crippen LogP contribution in [-0.4, -0.2) is 23.8 Å². The van der Waals surface area contributed by atoms with Crippen LogP contribution in [0, 0.1) is 0 Å². The Hall–Kier alpha value is -3.35. The van der Waals surface area contributed by atoms with Crippen molar-refractivity contribution in [3.63, 3.8) is 0 Å². The van der Waals surface area contributed by atoms with Gasteiger partial charge in [0.25, 0.3) is 0 Å². The molecule has 0 aromatic heterocycles. The molecule has 0 saturated heterocycles. The van der Waals surface area contributed by atoms with Crippen LogP contribution >= 0.6 is 0 Å². The van der Waals surface area contributed by atoms with E-state index in [1.54, 1.807) is 42.5 Å². The zero-order valence-corrected chi connectivity index (χ0v) is 15.5. The van der Waals surface area contributed by atoms with E-state index in [1.807, 2.05) is 19.9 Å². The Balaban J connectivity index is 1.95. The third kappa shape index (κ3) is 6.81. The van der Waals surface area contributed by atoms with Gasteiger partial charge in [-0.3, -0.25) is 14.4 Å². The Morgan fingerprint density at radius 3 is 2.19 bits per heavy atom. The molecule has 3 N–H and O–H groups in total. The molecule has 7 nitrogen and oxygen atoms in total. The number of ether oxygens (including phenoxy) is 1. The molecule has 2 rings (SSSR count). The summed E-state index contributed by atoms with van der Waals surface area (Å²) in [6.07, 6.45) is -0.386. The molecular weight excluding hydrogens is 346 g/mol. The predicted molar refractivity (Wildman–Crippen MR) is 105 cm³/mol. The van der Waals surface area contributed by atoms with Crippen LogP contribution in [0.15, 0.2) is 48.5 Å². The summed E-state index contributed by atoms with van der Waals surface area (Å²) >= 11 is 0. The molecule has 0 heterocycles. The van der Waals surface area contributed by atoms with Gasteiger partial charge >= 0.3 is 0 Å². The fourth-order valence-corrected chi connectivity index (χ4v) is 2.35. The Kier molecular flexibility index (Phi) is 6.93. The fraction of sp³-hybridized carbons (Fsp3) is 0.250. The number of hydrogen-bond acceptors (Lipinski definition) is 4. The third-order valence-electron chi connectivity index (χ3n) is 3.31. The van der Waals surface area contributed by atoms with Gasteiger partial charge in [0.15, 0.2) is 0 Å². The smallest absolute Gasteiger partial charge is 0.233 e. The summed E-state index contributed by atoms with van der Waals surface area (Å²) in [5, 5.41) is 7.96. The van der Waals surface area contributed by atoms with Gasteiger partial charge in [-0.2, -0.15) is 0 Å². The molecule has 7 heteroatoms. The van der Waals surface area contributed by atoms with E-state index in [4.69, 9.17) is 4.74 Å². The highest BCUT2D eigenvalue weighted by Crippen LogP contribution is 2.25. The maximum absolute atomic E-state index is 12.2. The number of para-hydroxylation sites is 2. The molecule has 0 fully saturated rings. The van der Waals surface area contributed by atoms with E-state index in [0.29, 0.717) is 22.8 Å². The summed E-state index contributed by atoms with van der Waals surface area (Å²) in [5.74, 6) is -0.579. The molecule has 0 unspecified atom stereocenters. The minimum Gasteiger partial charge on any atom is -0.489 e. The number of amides is 3. The first-order chi connectivity index (χ1) is 12.8. The molecule has 3 amide bonds. The normalized spacial score (nSPS) is 10.2. The first kappa shape index (κ1) is 20.0. The molecular formula is C20H23N3O4. The van der Waals surface area contributed by atoms with Gasteiger partial charge in [-0.15, -0.1) is 0 Å². The number of nitrogens with one attached hydrogen (secondary N) is 3. The monoisotopic (exact) mass is 369 g/mol. The van der Waals surface area contributed by atoms with E-state index in [0.717, 1.165) is 0 Å². The molecule has 0 saturated carbocycles. The highest BCUT2D eigenvalue weighted by Gasteiger charge is 2.13. The molecule has 2 aromatic rings. The molecule has 0 aliphatic heterocycles. The topological polar surface area (TPSA) is 96.5 Å². The summed E-state index contributed by atoms with van der Waals surface area (Å²) < 4.78 is 5.64. The summed E-state index contributed by atoms with van der Waals surface area (Å²) in [6.45, 7) is 5.18. The molecule has 0 radical (unpaired) electrons. The first-order valence-electron chi connectivity index (χ1n) is 8.56. The average molecular weight is 369 g/mol. The highest BCUT2D eigenvalue weighted by atomic mass is 16.5. The summed E-state index contributed by atoms with van der Waals surface area (Å²) in [6, 6.07) is 13.7. The van der Waals surface area contributed by atoms with Crippen LogP contribution in [0.1, 0.15) is 27.2 Å². The lowest BCUT2D eigenvalue weighted by Gasteiger charge is -2.14. The summed E-state index contributed by atoms with van der Waals surface area (Å²) in [7, 11) is 0. The van der Waals surface area contributed by atoms with Crippen molar-refractivity contribution >= 4 is 34.8 Å². The lowest BCUT2D eigenvalue weighted by molar-refractivity contribution is -0.123. The van der Waals surface area contributed by atoms with E-state index in [9.17, 15) is 14.4 Å². The number of benzene rings is 2. The Morgan fingerprint density at radius 1 is 0.889 bits per heavy atom. The Labute approximate surface area is 158 Å². The van der Waals surface area contributed by atoms with Gasteiger partial charge in [0, 0.05) is 18.3 Å². The molecule has 0 aliphatic rings. The van der Waals surface area contributed by atoms with Gasteiger partial charge in [0.2, 0.25) is 17.7 Å². The van der Waals surface area contributed by atoms with Crippen LogP contribution in [0.5, 0.6) is 5.75 Å². The van der Waals surface area contributed by atoms with Crippen LogP contribution in [0.3, 0.4) is 0 Å². The van der Waals surface area contributed by atoms with Gasteiger partial charge in [0.05, 0.1) is 11.8 Å². The summed E-state index contributed by atoms with van der Waals surface area (Å²) in [4.78, 5) is 35.4. The second-order valence-electron chi connectivity index (χ2n) is 6.20. The molecule has 0 atom stereocenters. The SMILES string of the molecule is CC(=O)Nc1cccc(NC(=O)CC(=O)Nc2ccccc2OC(C)C)c1. The van der Waals surface area contributed by atoms with E-state index in [2.05, 4.69) is 16.0 Å². The molecule has 0 aliphatic carbocycles. The van der Waals surface area contributed by atoms with Crippen molar-refractivity contribution in [1.29, 1.82) is 0 Å². The van der Waals surface area contributed by atoms with Gasteiger partial charge in [-0.1, -0.05) is 18.2 Å². The maximum atomic E-state index is 12.2. The van der Waals surface area contributed by atoms with E-state index < -0.39 is 11.8 Å². The van der Waals surface area contributed by atoms with Crippen molar-refractivity contribution in [2.24, 2.45) is 0 Å². The minimum absolute atomic E-state index is 0.0396. The molecule has 0 spiro atoms. The second-order valence-corrected chi connectivity index (χ2v) is 6.20. The van der Waals surface area contributed by atoms with Crippen molar-refractivity contribution < 1.29 is 19.1 Å². The van der Waals surface area contributed by atoms with E-state index in [-0.39, 0.29) is 18.4 Å². The van der Waals surface area contributed by atoms with Crippen molar-refractivity contribution in [3.05, 3.63) is 48.5 Å². The Bertz CT molecular complexity index is 833. The Morgan fingerprint density at radius 2 is 1.52 bits per heavy atom. The van der Waals surface area contributed by atoms with Crippen LogP contribution in [0.25, 0.3) is 0 Å². The van der Waals surface area contributed by atoms with Crippen molar-refractivity contribution in [1.82, 2.24) is 0 Å². The van der Waals surface area contributed by atoms with Gasteiger partial charge in [0.1, 0.15) is 12.2 Å². The number of anilines is 3. The van der Waals surface area contributed by atoms with Crippen LogP contribution < -0.4 is 20.7 Å². The molecule has 27 heavy (non-hydrogen) atoms. The molecule has 2 aromatic carbocycles. The lowest BCUT2D eigenvalue weighted by Crippen LogP contribution is -2.22. The zero-order chi connectivity index (χ0) is 19.8. The number of carbonyl (C=O) groups is 3. The first-order valence-corrected chi connectivity index (χ1v) is 8.56. The maximum Gasteiger partial charge on any atom is 0.233 e. The van der Waals surface area contributed by atoms with Gasteiger partial charge in [-0.25, -0.2) is 0 Å². The minimum atomic E-state index is -0.463. The van der Waals surface area contributed by atoms with Crippen LogP contribution in [0.2, 0.25) is 0 Å². The van der Waals surface area contributed by atoms with Gasteiger partial charge < -0.3 is 20.7 Å². The third-order valence-corrected chi connectivity index (χ3v) is 3.31. The van der Waals surface area contributed by atoms with Crippen molar-refractivity contribution in [3.8, 4) is 5.75 Å². The van der Waals surface area contributed by atoms with Crippen molar-refractivity contribution in [2.45, 2.75) is 33.3 Å². The zero-order valence-electron chi connectivity index (χ0n) is 15.5. The van der Waals surface area contributed by atoms with E-state index >= 15 is 0 Å². The second kappa shape index (κ2) is 9.38. The average Bonchev–Trinajstić information content (AvgIpc) is 2.55. The lowest BCUT2D eigenvalue weighted by atomic mass is 10.2. The number of hydrogen-bond donors (Lipinski definition) is 3. The van der Waals surface area contributed by atoms with E-state index in [1.165, 1.54) is 6.92 Å². The molecule has 142 valence electrons. The largest absolute Gasteiger partial charge is 0.489 e. The molecule has 0 bridgehead atoms. The quantitative estimate of drug-likeness (QED) is 0.652. The highest BCUT2D eigenvalue weighted by molar-refractivity contribution is 6.08.